The molecule has 8 nitrogen and oxygen atoms in total. The smallest absolute Gasteiger partial charge is 0.257 e. The Morgan fingerprint density at radius 2 is 1.65 bits per heavy atom. The van der Waals surface area contributed by atoms with E-state index in [0.29, 0.717) is 49.2 Å². The highest BCUT2D eigenvalue weighted by molar-refractivity contribution is 7.89. The first kappa shape index (κ1) is 23.7. The Labute approximate surface area is 199 Å². The number of anilines is 2. The molecule has 3 aromatic rings. The molecule has 34 heavy (non-hydrogen) atoms. The number of amides is 1. The third-order valence-corrected chi connectivity index (χ3v) is 7.22. The summed E-state index contributed by atoms with van der Waals surface area (Å²) in [7, 11) is -0.781. The number of para-hydroxylation sites is 1. The van der Waals surface area contributed by atoms with Crippen LogP contribution in [-0.2, 0) is 14.8 Å². The topological polar surface area (TPSA) is 88.2 Å². The zero-order valence-corrected chi connectivity index (χ0v) is 19.9. The highest BCUT2D eigenvalue weighted by Crippen LogP contribution is 2.28. The first-order valence-corrected chi connectivity index (χ1v) is 12.3. The number of carbonyl (C=O) groups is 1. The maximum absolute atomic E-state index is 13.4. The molecule has 9 heteroatoms. The molecular formula is C25H27N3O5S. The molecular weight excluding hydrogens is 454 g/mol. The summed E-state index contributed by atoms with van der Waals surface area (Å²) in [5.74, 6) is 0.845. The highest BCUT2D eigenvalue weighted by atomic mass is 32.2. The number of benzene rings is 3. The Balaban J connectivity index is 1.64. The number of nitrogens with zero attached hydrogens (tertiary/aromatic N) is 2. The van der Waals surface area contributed by atoms with E-state index in [1.807, 2.05) is 35.2 Å². The summed E-state index contributed by atoms with van der Waals surface area (Å²) in [6, 6.07) is 21.1. The highest BCUT2D eigenvalue weighted by Gasteiger charge is 2.24. The monoisotopic (exact) mass is 481 g/mol. The average Bonchev–Trinajstić information content (AvgIpc) is 2.85. The molecule has 1 aliphatic rings. The van der Waals surface area contributed by atoms with Gasteiger partial charge in [-0.25, -0.2) is 12.7 Å². The standard InChI is InChI=1S/C25H27N3O5S/c1-27(2)34(30,31)22-11-12-24(28-13-15-32-16-14-28)23(18-22)25(29)26-19-7-6-10-21(17-19)33-20-8-4-3-5-9-20/h3-12,17-18H,13-16H2,1-2H3,(H,26,29). The van der Waals surface area contributed by atoms with E-state index in [1.165, 1.54) is 26.2 Å². The van der Waals surface area contributed by atoms with Crippen molar-refractivity contribution in [1.82, 2.24) is 4.31 Å². The fourth-order valence-electron chi connectivity index (χ4n) is 3.61. The lowest BCUT2D eigenvalue weighted by molar-refractivity contribution is 0.102. The normalized spacial score (nSPS) is 14.1. The van der Waals surface area contributed by atoms with Crippen LogP contribution in [0.4, 0.5) is 11.4 Å². The Morgan fingerprint density at radius 3 is 2.35 bits per heavy atom. The molecule has 4 rings (SSSR count). The molecule has 1 amide bonds. The summed E-state index contributed by atoms with van der Waals surface area (Å²) in [5, 5.41) is 2.89. The van der Waals surface area contributed by atoms with Crippen LogP contribution < -0.4 is 15.0 Å². The molecule has 0 atom stereocenters. The van der Waals surface area contributed by atoms with Gasteiger partial charge in [0.15, 0.2) is 0 Å². The summed E-state index contributed by atoms with van der Waals surface area (Å²) in [6.07, 6.45) is 0. The summed E-state index contributed by atoms with van der Waals surface area (Å²) in [6.45, 7) is 2.30. The lowest BCUT2D eigenvalue weighted by atomic mass is 10.1. The second kappa shape index (κ2) is 10.3. The number of rotatable bonds is 7. The van der Waals surface area contributed by atoms with Crippen LogP contribution in [0.2, 0.25) is 0 Å². The molecule has 1 heterocycles. The number of nitrogens with one attached hydrogen (secondary N) is 1. The molecule has 0 radical (unpaired) electrons. The number of hydrogen-bond donors (Lipinski definition) is 1. The molecule has 0 bridgehead atoms. The van der Waals surface area contributed by atoms with Crippen molar-refractivity contribution in [2.75, 3.05) is 50.6 Å². The van der Waals surface area contributed by atoms with Gasteiger partial charge in [0.1, 0.15) is 11.5 Å². The van der Waals surface area contributed by atoms with Crippen molar-refractivity contribution in [1.29, 1.82) is 0 Å². The molecule has 0 aromatic heterocycles. The minimum atomic E-state index is -3.70. The third kappa shape index (κ3) is 5.39. The number of carbonyl (C=O) groups excluding carboxylic acids is 1. The predicted molar refractivity (Wildman–Crippen MR) is 131 cm³/mol. The Kier molecular flexibility index (Phi) is 7.16. The van der Waals surface area contributed by atoms with Crippen molar-refractivity contribution in [3.05, 3.63) is 78.4 Å². The van der Waals surface area contributed by atoms with Crippen LogP contribution in [0.25, 0.3) is 0 Å². The van der Waals surface area contributed by atoms with Crippen LogP contribution >= 0.6 is 0 Å². The van der Waals surface area contributed by atoms with Gasteiger partial charge in [0, 0.05) is 44.6 Å². The van der Waals surface area contributed by atoms with Crippen LogP contribution in [0.1, 0.15) is 10.4 Å². The quantitative estimate of drug-likeness (QED) is 0.552. The van der Waals surface area contributed by atoms with E-state index in [0.717, 1.165) is 4.31 Å². The summed E-state index contributed by atoms with van der Waals surface area (Å²) in [5.41, 5.74) is 1.47. The molecule has 0 aliphatic carbocycles. The van der Waals surface area contributed by atoms with Gasteiger partial charge in [-0.3, -0.25) is 4.79 Å². The average molecular weight is 482 g/mol. The van der Waals surface area contributed by atoms with Crippen molar-refractivity contribution in [2.45, 2.75) is 4.90 Å². The molecule has 1 aliphatic heterocycles. The van der Waals surface area contributed by atoms with E-state index in [1.54, 1.807) is 30.3 Å². The molecule has 3 aromatic carbocycles. The van der Waals surface area contributed by atoms with Gasteiger partial charge in [0.05, 0.1) is 23.7 Å². The SMILES string of the molecule is CN(C)S(=O)(=O)c1ccc(N2CCOCC2)c(C(=O)Nc2cccc(Oc3ccccc3)c2)c1. The second-order valence-corrected chi connectivity index (χ2v) is 10.1. The van der Waals surface area contributed by atoms with Crippen molar-refractivity contribution in [3.8, 4) is 11.5 Å². The maximum atomic E-state index is 13.4. The van der Waals surface area contributed by atoms with E-state index < -0.39 is 15.9 Å². The number of hydrogen-bond acceptors (Lipinski definition) is 6. The largest absolute Gasteiger partial charge is 0.457 e. The van der Waals surface area contributed by atoms with Gasteiger partial charge in [0.2, 0.25) is 10.0 Å². The maximum Gasteiger partial charge on any atom is 0.257 e. The van der Waals surface area contributed by atoms with Crippen molar-refractivity contribution >= 4 is 27.3 Å². The van der Waals surface area contributed by atoms with Gasteiger partial charge in [-0.1, -0.05) is 24.3 Å². The zero-order valence-electron chi connectivity index (χ0n) is 19.1. The van der Waals surface area contributed by atoms with Crippen molar-refractivity contribution in [3.63, 3.8) is 0 Å². The Bertz CT molecular complexity index is 1260. The molecule has 0 spiro atoms. The molecule has 178 valence electrons. The number of morpholine rings is 1. The second-order valence-electron chi connectivity index (χ2n) is 7.96. The van der Waals surface area contributed by atoms with E-state index in [-0.39, 0.29) is 10.5 Å². The van der Waals surface area contributed by atoms with Crippen LogP contribution in [0, 0.1) is 0 Å². The first-order valence-electron chi connectivity index (χ1n) is 10.9. The van der Waals surface area contributed by atoms with E-state index in [2.05, 4.69) is 5.32 Å². The van der Waals surface area contributed by atoms with Crippen LogP contribution in [0.15, 0.2) is 77.7 Å². The van der Waals surface area contributed by atoms with Gasteiger partial charge in [-0.15, -0.1) is 0 Å². The van der Waals surface area contributed by atoms with Crippen molar-refractivity contribution < 1.29 is 22.7 Å². The van der Waals surface area contributed by atoms with Gasteiger partial charge < -0.3 is 19.7 Å². The predicted octanol–water partition coefficient (Wildman–Crippen LogP) is 3.82. The molecule has 0 saturated carbocycles. The number of ether oxygens (including phenoxy) is 2. The number of sulfonamides is 1. The zero-order chi connectivity index (χ0) is 24.1. The van der Waals surface area contributed by atoms with E-state index in [9.17, 15) is 13.2 Å². The lowest BCUT2D eigenvalue weighted by Crippen LogP contribution is -2.37. The van der Waals surface area contributed by atoms with Crippen LogP contribution in [0.5, 0.6) is 11.5 Å². The van der Waals surface area contributed by atoms with Crippen molar-refractivity contribution in [2.24, 2.45) is 0 Å². The summed E-state index contributed by atoms with van der Waals surface area (Å²) in [4.78, 5) is 15.5. The Hall–Kier alpha value is -3.40. The fourth-order valence-corrected chi connectivity index (χ4v) is 4.54. The minimum Gasteiger partial charge on any atom is -0.457 e. The molecule has 1 fully saturated rings. The van der Waals surface area contributed by atoms with Gasteiger partial charge in [-0.05, 0) is 42.5 Å². The van der Waals surface area contributed by atoms with Gasteiger partial charge in [0.25, 0.3) is 5.91 Å². The molecule has 1 saturated heterocycles. The van der Waals surface area contributed by atoms with Gasteiger partial charge >= 0.3 is 0 Å². The van der Waals surface area contributed by atoms with Crippen LogP contribution in [0.3, 0.4) is 0 Å². The summed E-state index contributed by atoms with van der Waals surface area (Å²) >= 11 is 0. The first-order chi connectivity index (χ1) is 16.3. The molecule has 0 unspecified atom stereocenters. The third-order valence-electron chi connectivity index (χ3n) is 5.41. The van der Waals surface area contributed by atoms with E-state index >= 15 is 0 Å². The van der Waals surface area contributed by atoms with E-state index in [4.69, 9.17) is 9.47 Å². The minimum absolute atomic E-state index is 0.0563. The molecule has 1 N–H and O–H groups in total. The van der Waals surface area contributed by atoms with Crippen LogP contribution in [-0.4, -0.2) is 59.0 Å². The fraction of sp³-hybridized carbons (Fsp3) is 0.240. The lowest BCUT2D eigenvalue weighted by Gasteiger charge is -2.30. The Morgan fingerprint density at radius 1 is 0.941 bits per heavy atom. The van der Waals surface area contributed by atoms with Gasteiger partial charge in [-0.2, -0.15) is 0 Å². The summed E-state index contributed by atoms with van der Waals surface area (Å²) < 4.78 is 37.8.